The summed E-state index contributed by atoms with van der Waals surface area (Å²) in [5, 5.41) is 7.24. The zero-order valence-corrected chi connectivity index (χ0v) is 8.60. The summed E-state index contributed by atoms with van der Waals surface area (Å²) in [5.41, 5.74) is 5.23. The molecule has 0 saturated heterocycles. The van der Waals surface area contributed by atoms with Crippen molar-refractivity contribution in [2.45, 2.75) is 19.1 Å². The van der Waals surface area contributed by atoms with E-state index in [1.54, 1.807) is 11.3 Å². The Hall–Kier alpha value is -0.480. The van der Waals surface area contributed by atoms with E-state index in [4.69, 9.17) is 11.1 Å². The second kappa shape index (κ2) is 4.52. The van der Waals surface area contributed by atoms with Crippen molar-refractivity contribution >= 4 is 28.3 Å². The molecule has 0 aromatic carbocycles. The highest BCUT2D eigenvalue weighted by Gasteiger charge is 1.99. The largest absolute Gasteiger partial charge is 0.379 e. The third kappa shape index (κ3) is 2.87. The summed E-state index contributed by atoms with van der Waals surface area (Å²) in [7, 11) is 0. The van der Waals surface area contributed by atoms with Crippen LogP contribution in [-0.2, 0) is 12.2 Å². The third-order valence-electron chi connectivity index (χ3n) is 1.44. The molecular formula is C8H12N2S2. The normalized spacial score (nSPS) is 10.1. The van der Waals surface area contributed by atoms with E-state index in [1.165, 1.54) is 21.5 Å². The summed E-state index contributed by atoms with van der Waals surface area (Å²) in [4.78, 5) is 2.70. The van der Waals surface area contributed by atoms with E-state index >= 15 is 0 Å². The number of thiophene rings is 1. The van der Waals surface area contributed by atoms with Gasteiger partial charge in [0.15, 0.2) is 5.17 Å². The van der Waals surface area contributed by atoms with Crippen LogP contribution in [0, 0.1) is 5.41 Å². The number of hydrogen-bond donors (Lipinski definition) is 2. The SMILES string of the molecule is CCc1ccc(CSC(=N)N)s1. The van der Waals surface area contributed by atoms with Crippen molar-refractivity contribution in [3.05, 3.63) is 21.9 Å². The summed E-state index contributed by atoms with van der Waals surface area (Å²) < 4.78 is 0. The molecule has 1 aromatic rings. The second-order valence-electron chi connectivity index (χ2n) is 2.37. The number of hydrogen-bond acceptors (Lipinski definition) is 3. The van der Waals surface area contributed by atoms with E-state index in [-0.39, 0.29) is 5.17 Å². The highest BCUT2D eigenvalue weighted by molar-refractivity contribution is 8.13. The summed E-state index contributed by atoms with van der Waals surface area (Å²) in [6.45, 7) is 2.15. The first kappa shape index (κ1) is 9.61. The Morgan fingerprint density at radius 2 is 2.25 bits per heavy atom. The number of amidine groups is 1. The maximum absolute atomic E-state index is 7.04. The topological polar surface area (TPSA) is 49.9 Å². The Labute approximate surface area is 80.7 Å². The molecule has 1 rings (SSSR count). The van der Waals surface area contributed by atoms with Crippen LogP contribution in [0.4, 0.5) is 0 Å². The molecule has 0 saturated carbocycles. The Morgan fingerprint density at radius 3 is 2.75 bits per heavy atom. The van der Waals surface area contributed by atoms with Crippen LogP contribution in [0.5, 0.6) is 0 Å². The van der Waals surface area contributed by atoms with Gasteiger partial charge in [0, 0.05) is 15.5 Å². The summed E-state index contributed by atoms with van der Waals surface area (Å²) in [6.07, 6.45) is 1.09. The van der Waals surface area contributed by atoms with E-state index < -0.39 is 0 Å². The Kier molecular flexibility index (Phi) is 3.62. The fourth-order valence-corrected chi connectivity index (χ4v) is 2.40. The van der Waals surface area contributed by atoms with E-state index in [2.05, 4.69) is 19.1 Å². The summed E-state index contributed by atoms with van der Waals surface area (Å²) in [6, 6.07) is 4.25. The summed E-state index contributed by atoms with van der Waals surface area (Å²) >= 11 is 3.18. The van der Waals surface area contributed by atoms with Crippen LogP contribution in [0.1, 0.15) is 16.7 Å². The van der Waals surface area contributed by atoms with E-state index in [0.29, 0.717) is 0 Å². The highest BCUT2D eigenvalue weighted by atomic mass is 32.2. The maximum Gasteiger partial charge on any atom is 0.151 e. The van der Waals surface area contributed by atoms with Crippen molar-refractivity contribution in [3.8, 4) is 0 Å². The van der Waals surface area contributed by atoms with E-state index in [9.17, 15) is 0 Å². The molecule has 0 aliphatic heterocycles. The van der Waals surface area contributed by atoms with Crippen LogP contribution in [0.3, 0.4) is 0 Å². The summed E-state index contributed by atoms with van der Waals surface area (Å²) in [5.74, 6) is 0.833. The molecule has 1 heterocycles. The Morgan fingerprint density at radius 1 is 1.58 bits per heavy atom. The van der Waals surface area contributed by atoms with Crippen LogP contribution >= 0.6 is 23.1 Å². The molecule has 0 aliphatic rings. The average Bonchev–Trinajstić information content (AvgIpc) is 2.48. The molecule has 4 heteroatoms. The van der Waals surface area contributed by atoms with Crippen molar-refractivity contribution < 1.29 is 0 Å². The molecule has 12 heavy (non-hydrogen) atoms. The first-order valence-corrected chi connectivity index (χ1v) is 5.57. The van der Waals surface area contributed by atoms with Crippen LogP contribution in [-0.4, -0.2) is 5.17 Å². The molecule has 0 bridgehead atoms. The lowest BCUT2D eigenvalue weighted by atomic mass is 10.4. The quantitative estimate of drug-likeness (QED) is 0.581. The van der Waals surface area contributed by atoms with Crippen molar-refractivity contribution in [2.75, 3.05) is 0 Å². The van der Waals surface area contributed by atoms with Crippen molar-refractivity contribution in [2.24, 2.45) is 5.73 Å². The molecule has 0 spiro atoms. The lowest BCUT2D eigenvalue weighted by Crippen LogP contribution is -2.03. The molecule has 0 atom stereocenters. The number of thioether (sulfide) groups is 1. The predicted octanol–water partition coefficient (Wildman–Crippen LogP) is 2.44. The van der Waals surface area contributed by atoms with Gasteiger partial charge in [0.25, 0.3) is 0 Å². The Balaban J connectivity index is 2.47. The molecule has 0 unspecified atom stereocenters. The molecule has 66 valence electrons. The maximum atomic E-state index is 7.04. The van der Waals surface area contributed by atoms with Crippen LogP contribution in [0.2, 0.25) is 0 Å². The van der Waals surface area contributed by atoms with Gasteiger partial charge in [-0.05, 0) is 18.6 Å². The monoisotopic (exact) mass is 200 g/mol. The van der Waals surface area contributed by atoms with Crippen LogP contribution in [0.15, 0.2) is 12.1 Å². The highest BCUT2D eigenvalue weighted by Crippen LogP contribution is 2.21. The minimum atomic E-state index is 0.196. The molecule has 0 fully saturated rings. The van der Waals surface area contributed by atoms with Gasteiger partial charge in [-0.25, -0.2) is 0 Å². The van der Waals surface area contributed by atoms with Gasteiger partial charge >= 0.3 is 0 Å². The van der Waals surface area contributed by atoms with Gasteiger partial charge in [-0.2, -0.15) is 0 Å². The first-order chi connectivity index (χ1) is 5.72. The van der Waals surface area contributed by atoms with Crippen molar-refractivity contribution in [1.82, 2.24) is 0 Å². The molecule has 1 aromatic heterocycles. The van der Waals surface area contributed by atoms with Crippen LogP contribution < -0.4 is 5.73 Å². The number of aryl methyl sites for hydroxylation is 1. The van der Waals surface area contributed by atoms with Gasteiger partial charge < -0.3 is 5.73 Å². The lowest BCUT2D eigenvalue weighted by molar-refractivity contribution is 1.19. The fourth-order valence-electron chi connectivity index (χ4n) is 0.839. The van der Waals surface area contributed by atoms with Crippen molar-refractivity contribution in [1.29, 1.82) is 5.41 Å². The lowest BCUT2D eigenvalue weighted by Gasteiger charge is -1.93. The van der Waals surface area contributed by atoms with E-state index in [0.717, 1.165) is 12.2 Å². The molecule has 2 nitrogen and oxygen atoms in total. The molecular weight excluding hydrogens is 188 g/mol. The number of nitrogens with two attached hydrogens (primary N) is 1. The average molecular weight is 200 g/mol. The van der Waals surface area contributed by atoms with Gasteiger partial charge in [0.2, 0.25) is 0 Å². The first-order valence-electron chi connectivity index (χ1n) is 3.76. The third-order valence-corrected chi connectivity index (χ3v) is 3.61. The molecule has 0 radical (unpaired) electrons. The smallest absolute Gasteiger partial charge is 0.151 e. The van der Waals surface area contributed by atoms with Crippen molar-refractivity contribution in [3.63, 3.8) is 0 Å². The fraction of sp³-hybridized carbons (Fsp3) is 0.375. The molecule has 0 amide bonds. The zero-order valence-electron chi connectivity index (χ0n) is 6.96. The van der Waals surface area contributed by atoms with Crippen LogP contribution in [0.25, 0.3) is 0 Å². The van der Waals surface area contributed by atoms with Gasteiger partial charge in [-0.3, -0.25) is 5.41 Å². The zero-order chi connectivity index (χ0) is 8.97. The predicted molar refractivity (Wildman–Crippen MR) is 56.9 cm³/mol. The van der Waals surface area contributed by atoms with Gasteiger partial charge in [0.1, 0.15) is 0 Å². The molecule has 0 aliphatic carbocycles. The van der Waals surface area contributed by atoms with Gasteiger partial charge in [0.05, 0.1) is 0 Å². The standard InChI is InChI=1S/C8H12N2S2/c1-2-6-3-4-7(12-6)5-11-8(9)10/h3-4H,2,5H2,1H3,(H3,9,10). The minimum absolute atomic E-state index is 0.196. The van der Waals surface area contributed by atoms with E-state index in [1.807, 2.05) is 0 Å². The number of nitrogens with one attached hydrogen (secondary N) is 1. The van der Waals surface area contributed by atoms with Gasteiger partial charge in [-0.1, -0.05) is 18.7 Å². The van der Waals surface area contributed by atoms with Gasteiger partial charge in [-0.15, -0.1) is 11.3 Å². The molecule has 3 N–H and O–H groups in total. The second-order valence-corrected chi connectivity index (χ2v) is 4.64. The Bertz CT molecular complexity index is 268. The minimum Gasteiger partial charge on any atom is -0.379 e. The number of rotatable bonds is 3.